The average Bonchev–Trinajstić information content (AvgIpc) is 3.14. The second-order valence-corrected chi connectivity index (χ2v) is 11.0. The molecule has 3 aromatic rings. The first-order chi connectivity index (χ1) is 16.3. The largest absolute Gasteiger partial charge is 0.0928 e. The minimum atomic E-state index is 0.152. The van der Waals surface area contributed by atoms with Crippen LogP contribution in [-0.2, 0) is 5.41 Å². The van der Waals surface area contributed by atoms with Gasteiger partial charge in [-0.1, -0.05) is 137 Å². The Balaban J connectivity index is 1.71. The van der Waals surface area contributed by atoms with E-state index in [0.29, 0.717) is 0 Å². The molecule has 0 aliphatic heterocycles. The van der Waals surface area contributed by atoms with Crippen molar-refractivity contribution < 1.29 is 0 Å². The van der Waals surface area contributed by atoms with Crippen molar-refractivity contribution in [2.24, 2.45) is 0 Å². The van der Waals surface area contributed by atoms with Crippen LogP contribution < -0.4 is 0 Å². The number of alkyl halides is 2. The summed E-state index contributed by atoms with van der Waals surface area (Å²) in [5.74, 6) is 0. The second-order valence-electron chi connectivity index (χ2n) is 9.46. The van der Waals surface area contributed by atoms with E-state index in [1.165, 1.54) is 86.5 Å². The van der Waals surface area contributed by atoms with Crippen molar-refractivity contribution in [3.63, 3.8) is 0 Å². The van der Waals surface area contributed by atoms with E-state index < -0.39 is 0 Å². The molecule has 33 heavy (non-hydrogen) atoms. The molecule has 0 bridgehead atoms. The molecule has 0 N–H and O–H groups in total. The van der Waals surface area contributed by atoms with Gasteiger partial charge in [-0.3, -0.25) is 0 Å². The van der Waals surface area contributed by atoms with E-state index in [1.54, 1.807) is 11.1 Å². The quantitative estimate of drug-likeness (QED) is 0.142. The van der Waals surface area contributed by atoms with Gasteiger partial charge in [0, 0.05) is 16.1 Å². The third-order valence-electron chi connectivity index (χ3n) is 7.35. The molecule has 0 unspecified atom stereocenters. The van der Waals surface area contributed by atoms with Gasteiger partial charge < -0.3 is 0 Å². The van der Waals surface area contributed by atoms with Gasteiger partial charge in [-0.05, 0) is 65.1 Å². The SMILES string of the molecule is BrCCCCCCC1(CCCCCCBr)c2ccccc2-c2ccc(-c3ccccc3)cc21. The van der Waals surface area contributed by atoms with Crippen molar-refractivity contribution in [2.45, 2.75) is 69.6 Å². The van der Waals surface area contributed by atoms with E-state index in [1.807, 2.05) is 0 Å². The number of halogens is 2. The maximum atomic E-state index is 3.60. The lowest BCUT2D eigenvalue weighted by Gasteiger charge is -2.33. The molecule has 0 fully saturated rings. The maximum Gasteiger partial charge on any atom is 0.0215 e. The van der Waals surface area contributed by atoms with E-state index in [4.69, 9.17) is 0 Å². The predicted octanol–water partition coefficient (Wildman–Crippen LogP) is 10.3. The Morgan fingerprint density at radius 2 is 1.06 bits per heavy atom. The Bertz CT molecular complexity index is 994. The molecule has 0 saturated carbocycles. The summed E-state index contributed by atoms with van der Waals surface area (Å²) < 4.78 is 0. The zero-order chi connectivity index (χ0) is 22.9. The smallest absolute Gasteiger partial charge is 0.0215 e. The minimum Gasteiger partial charge on any atom is -0.0928 e. The molecule has 0 heterocycles. The van der Waals surface area contributed by atoms with E-state index in [0.717, 1.165) is 10.7 Å². The molecule has 4 rings (SSSR count). The van der Waals surface area contributed by atoms with Crippen LogP contribution in [-0.4, -0.2) is 10.7 Å². The Labute approximate surface area is 217 Å². The summed E-state index contributed by atoms with van der Waals surface area (Å²) >= 11 is 7.21. The normalized spacial score (nSPS) is 13.6. The monoisotopic (exact) mass is 566 g/mol. The zero-order valence-electron chi connectivity index (χ0n) is 19.7. The van der Waals surface area contributed by atoms with E-state index in [2.05, 4.69) is 105 Å². The van der Waals surface area contributed by atoms with Crippen LogP contribution in [0.3, 0.4) is 0 Å². The van der Waals surface area contributed by atoms with Crippen molar-refractivity contribution in [1.82, 2.24) is 0 Å². The van der Waals surface area contributed by atoms with Crippen LogP contribution in [0, 0.1) is 0 Å². The van der Waals surface area contributed by atoms with Gasteiger partial charge in [-0.15, -0.1) is 0 Å². The van der Waals surface area contributed by atoms with Gasteiger partial charge >= 0.3 is 0 Å². The molecular formula is C31H36Br2. The molecule has 0 atom stereocenters. The summed E-state index contributed by atoms with van der Waals surface area (Å²) in [6.45, 7) is 0. The molecule has 174 valence electrons. The Morgan fingerprint density at radius 1 is 0.485 bits per heavy atom. The summed E-state index contributed by atoms with van der Waals surface area (Å²) in [5, 5.41) is 2.25. The lowest BCUT2D eigenvalue weighted by molar-refractivity contribution is 0.401. The van der Waals surface area contributed by atoms with Gasteiger partial charge in [0.05, 0.1) is 0 Å². The lowest BCUT2D eigenvalue weighted by Crippen LogP contribution is -2.25. The van der Waals surface area contributed by atoms with Gasteiger partial charge in [0.1, 0.15) is 0 Å². The molecule has 0 nitrogen and oxygen atoms in total. The van der Waals surface area contributed by atoms with E-state index in [-0.39, 0.29) is 5.41 Å². The highest BCUT2D eigenvalue weighted by Crippen LogP contribution is 2.54. The van der Waals surface area contributed by atoms with Gasteiger partial charge in [0.25, 0.3) is 0 Å². The lowest BCUT2D eigenvalue weighted by atomic mass is 9.70. The Morgan fingerprint density at radius 3 is 1.73 bits per heavy atom. The summed E-state index contributed by atoms with van der Waals surface area (Å²) in [7, 11) is 0. The highest BCUT2D eigenvalue weighted by molar-refractivity contribution is 9.09. The van der Waals surface area contributed by atoms with E-state index in [9.17, 15) is 0 Å². The summed E-state index contributed by atoms with van der Waals surface area (Å²) in [6.07, 6.45) is 13.0. The number of unbranched alkanes of at least 4 members (excludes halogenated alkanes) is 6. The van der Waals surface area contributed by atoms with Crippen LogP contribution in [0.15, 0.2) is 72.8 Å². The minimum absolute atomic E-state index is 0.152. The Hall–Kier alpha value is -1.38. The van der Waals surface area contributed by atoms with Crippen LogP contribution in [0.2, 0.25) is 0 Å². The van der Waals surface area contributed by atoms with Crippen LogP contribution in [0.1, 0.15) is 75.3 Å². The first-order valence-corrected chi connectivity index (χ1v) is 15.0. The number of rotatable bonds is 13. The Kier molecular flexibility index (Phi) is 9.26. The number of benzene rings is 3. The van der Waals surface area contributed by atoms with Crippen LogP contribution in [0.25, 0.3) is 22.3 Å². The molecule has 0 aromatic heterocycles. The summed E-state index contributed by atoms with van der Waals surface area (Å²) in [6, 6.07) is 27.4. The number of hydrogen-bond donors (Lipinski definition) is 0. The second kappa shape index (κ2) is 12.4. The third-order valence-corrected chi connectivity index (χ3v) is 8.47. The molecule has 1 aliphatic carbocycles. The van der Waals surface area contributed by atoms with Crippen LogP contribution in [0.5, 0.6) is 0 Å². The van der Waals surface area contributed by atoms with Crippen LogP contribution in [0.4, 0.5) is 0 Å². The van der Waals surface area contributed by atoms with E-state index >= 15 is 0 Å². The molecule has 0 radical (unpaired) electrons. The average molecular weight is 568 g/mol. The van der Waals surface area contributed by atoms with Crippen molar-refractivity contribution in [3.8, 4) is 22.3 Å². The van der Waals surface area contributed by atoms with Crippen molar-refractivity contribution in [1.29, 1.82) is 0 Å². The zero-order valence-corrected chi connectivity index (χ0v) is 22.8. The van der Waals surface area contributed by atoms with Gasteiger partial charge in [-0.2, -0.15) is 0 Å². The molecule has 0 spiro atoms. The number of hydrogen-bond acceptors (Lipinski definition) is 0. The third kappa shape index (κ3) is 5.65. The molecule has 0 saturated heterocycles. The fraction of sp³-hybridized carbons (Fsp3) is 0.419. The summed E-state index contributed by atoms with van der Waals surface area (Å²) in [5.41, 5.74) is 8.90. The topological polar surface area (TPSA) is 0 Å². The first kappa shape index (κ1) is 24.7. The van der Waals surface area contributed by atoms with Crippen molar-refractivity contribution in [2.75, 3.05) is 10.7 Å². The van der Waals surface area contributed by atoms with Crippen molar-refractivity contribution >= 4 is 31.9 Å². The highest BCUT2D eigenvalue weighted by atomic mass is 79.9. The fourth-order valence-electron chi connectivity index (χ4n) is 5.68. The van der Waals surface area contributed by atoms with Gasteiger partial charge in [0.15, 0.2) is 0 Å². The highest BCUT2D eigenvalue weighted by Gasteiger charge is 2.42. The predicted molar refractivity (Wildman–Crippen MR) is 152 cm³/mol. The first-order valence-electron chi connectivity index (χ1n) is 12.7. The molecule has 3 aromatic carbocycles. The van der Waals surface area contributed by atoms with Crippen LogP contribution >= 0.6 is 31.9 Å². The standard InChI is InChI=1S/C31H36Br2/c32-22-12-3-1-10-20-31(21-11-2-4-13-23-33)29-17-9-8-16-27(29)28-19-18-26(24-30(28)31)25-14-6-5-7-15-25/h5-9,14-19,24H,1-4,10-13,20-23H2. The maximum absolute atomic E-state index is 3.60. The molecule has 1 aliphatic rings. The summed E-state index contributed by atoms with van der Waals surface area (Å²) in [4.78, 5) is 0. The van der Waals surface area contributed by atoms with Gasteiger partial charge in [-0.25, -0.2) is 0 Å². The number of fused-ring (bicyclic) bond motifs is 3. The molecule has 2 heteroatoms. The molecular weight excluding hydrogens is 532 g/mol. The molecule has 0 amide bonds. The van der Waals surface area contributed by atoms with Crippen molar-refractivity contribution in [3.05, 3.63) is 83.9 Å². The van der Waals surface area contributed by atoms with Gasteiger partial charge in [0.2, 0.25) is 0 Å². The fourth-order valence-corrected chi connectivity index (χ4v) is 6.47.